The summed E-state index contributed by atoms with van der Waals surface area (Å²) >= 11 is 12.2. The Morgan fingerprint density at radius 1 is 0.971 bits per heavy atom. The Bertz CT molecular complexity index is 1250. The minimum Gasteiger partial charge on any atom is -0.393 e. The van der Waals surface area contributed by atoms with Gasteiger partial charge in [0.25, 0.3) is 10.0 Å². The van der Waals surface area contributed by atoms with E-state index < -0.39 is 27.7 Å². The monoisotopic (exact) mass is 532 g/mol. The molecule has 0 saturated heterocycles. The SMILES string of the molecule is CN(C)CC(c1ccc(Cl)c(Cl)c1)c1cc(C(F)(F)F)ccc1ONS(=O)(=O)c1ccccc1. The van der Waals surface area contributed by atoms with Gasteiger partial charge in [0.1, 0.15) is 0 Å². The molecule has 5 nitrogen and oxygen atoms in total. The Hall–Kier alpha value is -2.30. The topological polar surface area (TPSA) is 58.6 Å². The number of benzene rings is 3. The van der Waals surface area contributed by atoms with Gasteiger partial charge in [0.05, 0.1) is 20.5 Å². The van der Waals surface area contributed by atoms with Crippen LogP contribution in [0.2, 0.25) is 10.0 Å². The predicted molar refractivity (Wildman–Crippen MR) is 126 cm³/mol. The number of nitrogens with one attached hydrogen (secondary N) is 1. The van der Waals surface area contributed by atoms with Crippen molar-refractivity contribution in [3.05, 3.63) is 93.5 Å². The molecular weight excluding hydrogens is 512 g/mol. The van der Waals surface area contributed by atoms with E-state index in [9.17, 15) is 21.6 Å². The first-order valence-electron chi connectivity index (χ1n) is 9.93. The second kappa shape index (κ2) is 10.5. The number of halogens is 5. The molecule has 11 heteroatoms. The lowest BCUT2D eigenvalue weighted by atomic mass is 9.89. The number of nitrogens with zero attached hydrogens (tertiary/aromatic N) is 1. The Labute approximate surface area is 206 Å². The maximum absolute atomic E-state index is 13.5. The Kier molecular flexibility index (Phi) is 8.15. The maximum Gasteiger partial charge on any atom is 0.416 e. The van der Waals surface area contributed by atoms with Crippen molar-refractivity contribution in [1.29, 1.82) is 0 Å². The summed E-state index contributed by atoms with van der Waals surface area (Å²) in [7, 11) is -0.562. The van der Waals surface area contributed by atoms with Gasteiger partial charge in [0, 0.05) is 18.0 Å². The van der Waals surface area contributed by atoms with Crippen LogP contribution in [0.4, 0.5) is 13.2 Å². The first kappa shape index (κ1) is 26.3. The molecule has 0 amide bonds. The van der Waals surface area contributed by atoms with Gasteiger partial charge in [-0.15, -0.1) is 0 Å². The highest BCUT2D eigenvalue weighted by molar-refractivity contribution is 7.89. The molecule has 1 N–H and O–H groups in total. The van der Waals surface area contributed by atoms with Crippen molar-refractivity contribution in [1.82, 2.24) is 9.79 Å². The lowest BCUT2D eigenvalue weighted by Crippen LogP contribution is -2.29. The van der Waals surface area contributed by atoms with E-state index in [1.165, 1.54) is 24.3 Å². The first-order chi connectivity index (χ1) is 15.9. The van der Waals surface area contributed by atoms with E-state index in [1.54, 1.807) is 43.3 Å². The maximum atomic E-state index is 13.5. The van der Waals surface area contributed by atoms with Crippen LogP contribution in [0, 0.1) is 0 Å². The Balaban J connectivity index is 2.08. The molecule has 3 aromatic rings. The molecule has 0 aliphatic carbocycles. The quantitative estimate of drug-likeness (QED) is 0.362. The van der Waals surface area contributed by atoms with Gasteiger partial charge in [0.15, 0.2) is 5.75 Å². The highest BCUT2D eigenvalue weighted by Crippen LogP contribution is 2.39. The summed E-state index contributed by atoms with van der Waals surface area (Å²) < 4.78 is 65.8. The molecule has 3 aromatic carbocycles. The Morgan fingerprint density at radius 2 is 1.65 bits per heavy atom. The normalized spacial score (nSPS) is 13.2. The molecule has 0 radical (unpaired) electrons. The van der Waals surface area contributed by atoms with Crippen LogP contribution >= 0.6 is 23.2 Å². The molecule has 34 heavy (non-hydrogen) atoms. The Morgan fingerprint density at radius 3 is 2.24 bits per heavy atom. The van der Waals surface area contributed by atoms with Crippen molar-refractivity contribution < 1.29 is 26.4 Å². The molecule has 0 heterocycles. The zero-order valence-corrected chi connectivity index (χ0v) is 20.4. The van der Waals surface area contributed by atoms with Gasteiger partial charge < -0.3 is 9.74 Å². The summed E-state index contributed by atoms with van der Waals surface area (Å²) in [4.78, 5) is 9.11. The lowest BCUT2D eigenvalue weighted by molar-refractivity contribution is -0.137. The minimum absolute atomic E-state index is 0.0576. The van der Waals surface area contributed by atoms with Crippen LogP contribution in [-0.2, 0) is 16.2 Å². The van der Waals surface area contributed by atoms with Crippen molar-refractivity contribution in [2.24, 2.45) is 0 Å². The number of hydrogen-bond donors (Lipinski definition) is 1. The van der Waals surface area contributed by atoms with Crippen LogP contribution in [0.5, 0.6) is 5.75 Å². The van der Waals surface area contributed by atoms with Crippen LogP contribution in [0.25, 0.3) is 0 Å². The van der Waals surface area contributed by atoms with E-state index in [0.29, 0.717) is 10.6 Å². The molecule has 182 valence electrons. The lowest BCUT2D eigenvalue weighted by Gasteiger charge is -2.25. The fourth-order valence-corrected chi connectivity index (χ4v) is 4.43. The van der Waals surface area contributed by atoms with Crippen LogP contribution in [0.1, 0.15) is 22.6 Å². The standard InChI is InChI=1S/C23H21Cl2F3N2O3S/c1-30(2)14-19(15-8-10-20(24)21(25)12-15)18-13-16(23(26,27)28)9-11-22(18)33-29-34(31,32)17-6-4-3-5-7-17/h3-13,19,29H,14H2,1-2H3. The molecule has 1 atom stereocenters. The summed E-state index contributed by atoms with van der Waals surface area (Å²) in [6.07, 6.45) is -4.61. The number of hydrogen-bond acceptors (Lipinski definition) is 4. The molecule has 0 fully saturated rings. The van der Waals surface area contributed by atoms with E-state index in [0.717, 1.165) is 18.2 Å². The van der Waals surface area contributed by atoms with Gasteiger partial charge >= 0.3 is 6.18 Å². The molecule has 0 aliphatic heterocycles. The highest BCUT2D eigenvalue weighted by atomic mass is 35.5. The molecular formula is C23H21Cl2F3N2O3S. The molecule has 0 aromatic heterocycles. The van der Waals surface area contributed by atoms with E-state index in [-0.39, 0.29) is 27.8 Å². The van der Waals surface area contributed by atoms with Gasteiger partial charge in [-0.3, -0.25) is 0 Å². The van der Waals surface area contributed by atoms with Gasteiger partial charge in [-0.1, -0.05) is 47.5 Å². The number of sulfonamides is 1. The summed E-state index contributed by atoms with van der Waals surface area (Å²) in [5, 5.41) is 0.535. The fourth-order valence-electron chi connectivity index (χ4n) is 3.32. The van der Waals surface area contributed by atoms with Crippen LogP contribution in [-0.4, -0.2) is 34.0 Å². The molecule has 1 unspecified atom stereocenters. The van der Waals surface area contributed by atoms with E-state index in [4.69, 9.17) is 28.0 Å². The first-order valence-corrected chi connectivity index (χ1v) is 12.2. The molecule has 0 aliphatic rings. The van der Waals surface area contributed by atoms with Crippen molar-refractivity contribution in [3.63, 3.8) is 0 Å². The zero-order valence-electron chi connectivity index (χ0n) is 18.1. The second-order valence-electron chi connectivity index (χ2n) is 7.74. The van der Waals surface area contributed by atoms with Gasteiger partial charge in [0.2, 0.25) is 0 Å². The third-order valence-electron chi connectivity index (χ3n) is 4.92. The van der Waals surface area contributed by atoms with E-state index in [2.05, 4.69) is 0 Å². The van der Waals surface area contributed by atoms with E-state index >= 15 is 0 Å². The molecule has 0 bridgehead atoms. The van der Waals surface area contributed by atoms with Crippen LogP contribution in [0.3, 0.4) is 0 Å². The van der Waals surface area contributed by atoms with Crippen molar-refractivity contribution in [2.75, 3.05) is 20.6 Å². The van der Waals surface area contributed by atoms with Crippen molar-refractivity contribution in [3.8, 4) is 5.75 Å². The van der Waals surface area contributed by atoms with Crippen LogP contribution < -0.4 is 9.72 Å². The average Bonchev–Trinajstić information content (AvgIpc) is 2.78. The van der Waals surface area contributed by atoms with E-state index in [1.807, 2.05) is 4.89 Å². The molecule has 0 saturated carbocycles. The van der Waals surface area contributed by atoms with Crippen molar-refractivity contribution >= 4 is 33.2 Å². The average molecular weight is 533 g/mol. The summed E-state index contributed by atoms with van der Waals surface area (Å²) in [5.74, 6) is -0.728. The summed E-state index contributed by atoms with van der Waals surface area (Å²) in [6.45, 7) is 0.279. The summed E-state index contributed by atoms with van der Waals surface area (Å²) in [6, 6.07) is 15.1. The number of likely N-dealkylation sites (N-methyl/N-ethyl adjacent to an activating group) is 1. The third kappa shape index (κ3) is 6.43. The van der Waals surface area contributed by atoms with Gasteiger partial charge in [-0.05, 0) is 67.0 Å². The largest absolute Gasteiger partial charge is 0.416 e. The number of alkyl halides is 3. The number of rotatable bonds is 8. The minimum atomic E-state index is -4.61. The third-order valence-corrected chi connectivity index (χ3v) is 6.86. The second-order valence-corrected chi connectivity index (χ2v) is 10.2. The molecule has 3 rings (SSSR count). The van der Waals surface area contributed by atoms with Gasteiger partial charge in [-0.25, -0.2) is 8.42 Å². The van der Waals surface area contributed by atoms with Crippen LogP contribution in [0.15, 0.2) is 71.6 Å². The van der Waals surface area contributed by atoms with Gasteiger partial charge in [-0.2, -0.15) is 13.2 Å². The zero-order chi connectivity index (χ0) is 25.1. The molecule has 0 spiro atoms. The van der Waals surface area contributed by atoms with Crippen molar-refractivity contribution in [2.45, 2.75) is 17.0 Å². The smallest absolute Gasteiger partial charge is 0.393 e. The summed E-state index contributed by atoms with van der Waals surface area (Å²) in [5.41, 5.74) is -0.194. The predicted octanol–water partition coefficient (Wildman–Crippen LogP) is 5.98. The highest BCUT2D eigenvalue weighted by Gasteiger charge is 2.33. The fraction of sp³-hybridized carbons (Fsp3) is 0.217.